The van der Waals surface area contributed by atoms with E-state index in [1.165, 1.54) is 25.3 Å². The molecule has 10 heteroatoms. The van der Waals surface area contributed by atoms with E-state index in [1.807, 2.05) is 12.1 Å². The monoisotopic (exact) mass is 603 g/mol. The molecule has 0 saturated heterocycles. The van der Waals surface area contributed by atoms with Crippen LogP contribution in [-0.4, -0.2) is 34.1 Å². The van der Waals surface area contributed by atoms with Crippen LogP contribution in [0.3, 0.4) is 0 Å². The Kier molecular flexibility index (Phi) is 7.35. The molecule has 1 aliphatic carbocycles. The highest BCUT2D eigenvalue weighted by Crippen LogP contribution is 2.42. The zero-order chi connectivity index (χ0) is 29.5. The molecular formula is C32H24Cl2FN3O4. The second-order valence-electron chi connectivity index (χ2n) is 10.2. The van der Waals surface area contributed by atoms with Gasteiger partial charge in [0.05, 0.1) is 29.7 Å². The summed E-state index contributed by atoms with van der Waals surface area (Å²) < 4.78 is 19.4. The number of carbonyl (C=O) groups excluding carboxylic acids is 1. The molecular weight excluding hydrogens is 580 g/mol. The summed E-state index contributed by atoms with van der Waals surface area (Å²) in [4.78, 5) is 33.6. The molecule has 4 aromatic carbocycles. The molecule has 1 aromatic heterocycles. The average Bonchev–Trinajstić information content (AvgIpc) is 3.74. The molecule has 1 unspecified atom stereocenters. The number of fused-ring (bicyclic) bond motifs is 1. The third-order valence-electron chi connectivity index (χ3n) is 7.41. The Hall–Kier alpha value is -4.40. The average molecular weight is 604 g/mol. The molecule has 1 atom stereocenters. The Morgan fingerprint density at radius 3 is 2.50 bits per heavy atom. The summed E-state index contributed by atoms with van der Waals surface area (Å²) in [5.74, 6) is -1.44. The first kappa shape index (κ1) is 27.8. The van der Waals surface area contributed by atoms with Crippen LogP contribution in [0.15, 0.2) is 72.8 Å². The number of aromatic amines is 1. The van der Waals surface area contributed by atoms with E-state index in [1.54, 1.807) is 42.5 Å². The number of hydrogen-bond donors (Lipinski definition) is 3. The van der Waals surface area contributed by atoms with E-state index < -0.39 is 11.8 Å². The van der Waals surface area contributed by atoms with Crippen LogP contribution in [0.5, 0.6) is 5.75 Å². The lowest BCUT2D eigenvalue weighted by Crippen LogP contribution is -2.30. The van der Waals surface area contributed by atoms with Gasteiger partial charge in [0.15, 0.2) is 11.6 Å². The van der Waals surface area contributed by atoms with Gasteiger partial charge in [0, 0.05) is 38.9 Å². The minimum absolute atomic E-state index is 0.0499. The summed E-state index contributed by atoms with van der Waals surface area (Å²) >= 11 is 12.7. The van der Waals surface area contributed by atoms with Crippen molar-refractivity contribution in [2.75, 3.05) is 7.11 Å². The number of ether oxygens (including phenoxy) is 1. The van der Waals surface area contributed by atoms with Gasteiger partial charge < -0.3 is 20.1 Å². The Morgan fingerprint density at radius 2 is 1.81 bits per heavy atom. The standard InChI is InChI=1S/C32H24Cl2FN3O4/c1-42-27-15-26-25(14-24(27)35)36-30(37-26)21-3-2-4-23(34)28(21)20-12-9-18(13-22(20)32(40)41)31(39)38-29(16-5-6-16)17-7-10-19(33)11-8-17/h2-4,7-16,29H,5-6H2,1H3,(H,36,37)(H,38,39)(H,40,41). The zero-order valence-electron chi connectivity index (χ0n) is 22.3. The number of nitrogens with one attached hydrogen (secondary N) is 2. The maximum absolute atomic E-state index is 14.3. The highest BCUT2D eigenvalue weighted by atomic mass is 35.5. The number of carbonyl (C=O) groups is 2. The van der Waals surface area contributed by atoms with Crippen molar-refractivity contribution in [3.8, 4) is 28.3 Å². The topological polar surface area (TPSA) is 104 Å². The van der Waals surface area contributed by atoms with Crippen LogP contribution < -0.4 is 10.1 Å². The second kappa shape index (κ2) is 11.1. The van der Waals surface area contributed by atoms with Gasteiger partial charge in [-0.1, -0.05) is 53.5 Å². The number of carboxylic acids is 1. The quantitative estimate of drug-likeness (QED) is 0.167. The first-order valence-corrected chi connectivity index (χ1v) is 13.9. The first-order chi connectivity index (χ1) is 20.2. The van der Waals surface area contributed by atoms with E-state index in [9.17, 15) is 19.1 Å². The van der Waals surface area contributed by atoms with Gasteiger partial charge in [-0.05, 0) is 60.2 Å². The van der Waals surface area contributed by atoms with Crippen molar-refractivity contribution < 1.29 is 23.8 Å². The molecule has 212 valence electrons. The summed E-state index contributed by atoms with van der Waals surface area (Å²) in [7, 11) is 1.37. The molecule has 0 spiro atoms. The van der Waals surface area contributed by atoms with Gasteiger partial charge in [0.2, 0.25) is 0 Å². The Morgan fingerprint density at radius 1 is 1.05 bits per heavy atom. The minimum Gasteiger partial charge on any atom is -0.494 e. The zero-order valence-corrected chi connectivity index (χ0v) is 23.8. The molecule has 5 aromatic rings. The van der Waals surface area contributed by atoms with Crippen molar-refractivity contribution >= 4 is 46.1 Å². The number of rotatable bonds is 8. The van der Waals surface area contributed by atoms with Gasteiger partial charge in [-0.2, -0.15) is 0 Å². The van der Waals surface area contributed by atoms with Crippen molar-refractivity contribution in [3.05, 3.63) is 105 Å². The van der Waals surface area contributed by atoms with Gasteiger partial charge in [-0.3, -0.25) is 4.79 Å². The van der Waals surface area contributed by atoms with E-state index in [0.717, 1.165) is 18.4 Å². The first-order valence-electron chi connectivity index (χ1n) is 13.2. The highest BCUT2D eigenvalue weighted by Gasteiger charge is 2.34. The maximum atomic E-state index is 14.3. The molecule has 0 aliphatic heterocycles. The fourth-order valence-corrected chi connectivity index (χ4v) is 5.57. The van der Waals surface area contributed by atoms with Crippen molar-refractivity contribution in [2.45, 2.75) is 18.9 Å². The predicted molar refractivity (Wildman–Crippen MR) is 160 cm³/mol. The summed E-state index contributed by atoms with van der Waals surface area (Å²) in [5, 5.41) is 14.2. The molecule has 42 heavy (non-hydrogen) atoms. The second-order valence-corrected chi connectivity index (χ2v) is 11.0. The lowest BCUT2D eigenvalue weighted by atomic mass is 9.93. The van der Waals surface area contributed by atoms with Crippen LogP contribution in [-0.2, 0) is 0 Å². The highest BCUT2D eigenvalue weighted by molar-refractivity contribution is 6.34. The third-order valence-corrected chi connectivity index (χ3v) is 7.98. The molecule has 1 amide bonds. The van der Waals surface area contributed by atoms with Crippen molar-refractivity contribution in [1.29, 1.82) is 0 Å². The largest absolute Gasteiger partial charge is 0.494 e. The molecule has 7 nitrogen and oxygen atoms in total. The van der Waals surface area contributed by atoms with Gasteiger partial charge in [0.1, 0.15) is 5.82 Å². The van der Waals surface area contributed by atoms with E-state index >= 15 is 0 Å². The van der Waals surface area contributed by atoms with Crippen LogP contribution in [0.2, 0.25) is 10.0 Å². The molecule has 1 saturated carbocycles. The number of nitrogens with zero attached hydrogens (tertiary/aromatic N) is 1. The fraction of sp³-hybridized carbons (Fsp3) is 0.156. The number of methoxy groups -OCH3 is 1. The summed E-state index contributed by atoms with van der Waals surface area (Å²) in [6.07, 6.45) is 1.98. The number of hydrogen-bond acceptors (Lipinski definition) is 4. The number of H-pyrrole nitrogens is 1. The van der Waals surface area contributed by atoms with Gasteiger partial charge in [-0.15, -0.1) is 0 Å². The van der Waals surface area contributed by atoms with Gasteiger partial charge in [0.25, 0.3) is 5.91 Å². The number of halogens is 3. The minimum atomic E-state index is -1.22. The van der Waals surface area contributed by atoms with Crippen molar-refractivity contribution in [2.24, 2.45) is 5.92 Å². The van der Waals surface area contributed by atoms with Gasteiger partial charge in [-0.25, -0.2) is 14.2 Å². The molecule has 1 fully saturated rings. The Labute approximate surface area is 250 Å². The van der Waals surface area contributed by atoms with Gasteiger partial charge >= 0.3 is 5.97 Å². The van der Waals surface area contributed by atoms with Crippen LogP contribution in [0.25, 0.3) is 33.5 Å². The molecule has 1 aliphatic rings. The van der Waals surface area contributed by atoms with Crippen LogP contribution in [0.1, 0.15) is 45.2 Å². The third kappa shape index (κ3) is 5.31. The predicted octanol–water partition coefficient (Wildman–Crippen LogP) is 7.93. The molecule has 0 bridgehead atoms. The number of carboxylic acid groups (broad SMARTS) is 1. The Balaban J connectivity index is 1.39. The normalized spacial score (nSPS) is 13.6. The molecule has 1 heterocycles. The Bertz CT molecular complexity index is 1850. The fourth-order valence-electron chi connectivity index (χ4n) is 5.17. The maximum Gasteiger partial charge on any atom is 0.336 e. The lowest BCUT2D eigenvalue weighted by molar-refractivity contribution is 0.0697. The molecule has 3 N–H and O–H groups in total. The number of imidazole rings is 1. The van der Waals surface area contributed by atoms with E-state index in [4.69, 9.17) is 27.9 Å². The van der Waals surface area contributed by atoms with Crippen molar-refractivity contribution in [1.82, 2.24) is 15.3 Å². The molecule has 0 radical (unpaired) electrons. The summed E-state index contributed by atoms with van der Waals surface area (Å²) in [6, 6.07) is 19.5. The smallest absolute Gasteiger partial charge is 0.336 e. The SMILES string of the molecule is COc1cc2nc(-c3cccc(Cl)c3-c3ccc(C(=O)NC(c4ccc(Cl)cc4)C4CC4)cc3C(=O)O)[nH]c2cc1F. The number of benzene rings is 4. The molecule has 6 rings (SSSR count). The van der Waals surface area contributed by atoms with E-state index in [0.29, 0.717) is 44.5 Å². The number of amides is 1. The summed E-state index contributed by atoms with van der Waals surface area (Å²) in [6.45, 7) is 0. The van der Waals surface area contributed by atoms with Crippen molar-refractivity contribution in [3.63, 3.8) is 0 Å². The van der Waals surface area contributed by atoms with Crippen LogP contribution in [0.4, 0.5) is 4.39 Å². The number of aromatic carboxylic acids is 1. The number of aromatic nitrogens is 2. The van der Waals surface area contributed by atoms with Crippen LogP contribution in [0, 0.1) is 11.7 Å². The lowest BCUT2D eigenvalue weighted by Gasteiger charge is -2.20. The van der Waals surface area contributed by atoms with Crippen LogP contribution >= 0.6 is 23.2 Å². The summed E-state index contributed by atoms with van der Waals surface area (Å²) in [5.41, 5.74) is 3.16. The van der Waals surface area contributed by atoms with E-state index in [2.05, 4.69) is 15.3 Å². The van der Waals surface area contributed by atoms with E-state index in [-0.39, 0.29) is 33.8 Å².